The lowest BCUT2D eigenvalue weighted by atomic mass is 9.75. The number of benzene rings is 3. The number of esters is 1. The molecule has 0 bridgehead atoms. The van der Waals surface area contributed by atoms with Crippen LogP contribution in [0.2, 0.25) is 0 Å². The number of ether oxygens (including phenoxy) is 1. The highest BCUT2D eigenvalue weighted by molar-refractivity contribution is 5.88. The fraction of sp³-hybridized carbons (Fsp3) is 0.424. The first-order valence-electron chi connectivity index (χ1n) is 13.5. The Balaban J connectivity index is 1.35. The molecule has 1 N–H and O–H groups in total. The minimum atomic E-state index is -0.370. The lowest BCUT2D eigenvalue weighted by Gasteiger charge is -2.31. The third-order valence-electron chi connectivity index (χ3n) is 7.73. The number of hydrogen-bond donors (Lipinski definition) is 1. The van der Waals surface area contributed by atoms with Crippen molar-refractivity contribution in [1.29, 1.82) is 0 Å². The molecule has 0 aromatic heterocycles. The predicted molar refractivity (Wildman–Crippen MR) is 149 cm³/mol. The van der Waals surface area contributed by atoms with Crippen LogP contribution in [0.1, 0.15) is 69.4 Å². The van der Waals surface area contributed by atoms with Crippen LogP contribution in [-0.4, -0.2) is 24.3 Å². The Morgan fingerprint density at radius 3 is 2.31 bits per heavy atom. The molecular formula is C33H40O3. The number of carbonyl (C=O) groups is 1. The monoisotopic (exact) mass is 484 g/mol. The van der Waals surface area contributed by atoms with Gasteiger partial charge in [0, 0.05) is 18.1 Å². The standard InChI is InChI=1S/C33H40O3/c1-4-5-24-6-10-27(11-7-24)29-14-16-32-20-30(15-17-31(32)19-29)28-12-8-25(9-13-28)18-26(21-34)22-36-33(35)23(2)3/h6-7,10-11,14-17,19-20,25-26,28,34H,2,4-5,8-9,12-13,18,21-22H2,1,3H3. The third-order valence-corrected chi connectivity index (χ3v) is 7.73. The van der Waals surface area contributed by atoms with E-state index in [0.29, 0.717) is 17.4 Å². The van der Waals surface area contributed by atoms with E-state index < -0.39 is 0 Å². The molecule has 0 radical (unpaired) electrons. The molecule has 3 aromatic rings. The van der Waals surface area contributed by atoms with Crippen molar-refractivity contribution >= 4 is 16.7 Å². The second-order valence-electron chi connectivity index (χ2n) is 10.6. The molecule has 0 heterocycles. The summed E-state index contributed by atoms with van der Waals surface area (Å²) in [4.78, 5) is 11.7. The number of carbonyl (C=O) groups excluding carboxylic acids is 1. The first kappa shape index (κ1) is 26.2. The molecule has 1 fully saturated rings. The molecule has 1 atom stereocenters. The Labute approximate surface area is 216 Å². The van der Waals surface area contributed by atoms with E-state index in [0.717, 1.165) is 25.7 Å². The molecule has 4 rings (SSSR count). The number of rotatable bonds is 10. The van der Waals surface area contributed by atoms with Gasteiger partial charge < -0.3 is 9.84 Å². The third kappa shape index (κ3) is 6.64. The molecule has 1 aliphatic carbocycles. The van der Waals surface area contributed by atoms with E-state index in [2.05, 4.69) is 74.2 Å². The highest BCUT2D eigenvalue weighted by atomic mass is 16.5. The Kier molecular flexibility index (Phi) is 8.98. The number of hydrogen-bond acceptors (Lipinski definition) is 3. The van der Waals surface area contributed by atoms with Gasteiger partial charge in [0.15, 0.2) is 0 Å². The minimum Gasteiger partial charge on any atom is -0.462 e. The van der Waals surface area contributed by atoms with E-state index in [9.17, 15) is 9.90 Å². The van der Waals surface area contributed by atoms with Gasteiger partial charge in [-0.3, -0.25) is 0 Å². The lowest BCUT2D eigenvalue weighted by molar-refractivity contribution is -0.140. The SMILES string of the molecule is C=C(C)C(=O)OCC(CO)CC1CCC(c2ccc3cc(-c4ccc(CCC)cc4)ccc3c2)CC1. The van der Waals surface area contributed by atoms with E-state index in [1.165, 1.54) is 52.3 Å². The second kappa shape index (κ2) is 12.4. The maximum Gasteiger partial charge on any atom is 0.333 e. The van der Waals surface area contributed by atoms with E-state index >= 15 is 0 Å². The first-order valence-corrected chi connectivity index (χ1v) is 13.5. The zero-order valence-corrected chi connectivity index (χ0v) is 21.8. The molecule has 0 aliphatic heterocycles. The van der Waals surface area contributed by atoms with Gasteiger partial charge in [-0.15, -0.1) is 0 Å². The van der Waals surface area contributed by atoms with E-state index in [1.807, 2.05) is 0 Å². The Morgan fingerprint density at radius 1 is 0.972 bits per heavy atom. The van der Waals surface area contributed by atoms with Crippen LogP contribution in [0.15, 0.2) is 72.8 Å². The normalized spacial score (nSPS) is 18.6. The summed E-state index contributed by atoms with van der Waals surface area (Å²) in [6, 6.07) is 22.8. The predicted octanol–water partition coefficient (Wildman–Crippen LogP) is 7.85. The Hall–Kier alpha value is -2.91. The van der Waals surface area contributed by atoms with Crippen LogP contribution >= 0.6 is 0 Å². The quantitative estimate of drug-likeness (QED) is 0.235. The summed E-state index contributed by atoms with van der Waals surface area (Å²) < 4.78 is 5.28. The average molecular weight is 485 g/mol. The van der Waals surface area contributed by atoms with Gasteiger partial charge in [0.2, 0.25) is 0 Å². The van der Waals surface area contributed by atoms with Crippen molar-refractivity contribution in [3.8, 4) is 11.1 Å². The van der Waals surface area contributed by atoms with Crippen molar-refractivity contribution < 1.29 is 14.6 Å². The second-order valence-corrected chi connectivity index (χ2v) is 10.6. The molecule has 3 aromatic carbocycles. The summed E-state index contributed by atoms with van der Waals surface area (Å²) in [5.74, 6) is 0.803. The van der Waals surface area contributed by atoms with Crippen molar-refractivity contribution in [2.75, 3.05) is 13.2 Å². The molecule has 1 aliphatic rings. The van der Waals surface area contributed by atoms with Crippen LogP contribution in [0.4, 0.5) is 0 Å². The number of aliphatic hydroxyl groups excluding tert-OH is 1. The molecule has 36 heavy (non-hydrogen) atoms. The zero-order chi connectivity index (χ0) is 25.5. The van der Waals surface area contributed by atoms with Crippen molar-refractivity contribution in [3.63, 3.8) is 0 Å². The fourth-order valence-electron chi connectivity index (χ4n) is 5.57. The van der Waals surface area contributed by atoms with Gasteiger partial charge in [0.25, 0.3) is 0 Å². The number of aryl methyl sites for hydroxylation is 1. The van der Waals surface area contributed by atoms with E-state index in [1.54, 1.807) is 6.92 Å². The summed E-state index contributed by atoms with van der Waals surface area (Å²) in [6.45, 7) is 7.82. The van der Waals surface area contributed by atoms with Gasteiger partial charge in [0.05, 0.1) is 6.61 Å². The molecule has 0 amide bonds. The molecule has 190 valence electrons. The van der Waals surface area contributed by atoms with Gasteiger partial charge >= 0.3 is 5.97 Å². The zero-order valence-electron chi connectivity index (χ0n) is 21.8. The van der Waals surface area contributed by atoms with Crippen LogP contribution in [-0.2, 0) is 16.0 Å². The van der Waals surface area contributed by atoms with Gasteiger partial charge in [0.1, 0.15) is 0 Å². The largest absolute Gasteiger partial charge is 0.462 e. The molecule has 1 saturated carbocycles. The fourth-order valence-corrected chi connectivity index (χ4v) is 5.57. The topological polar surface area (TPSA) is 46.5 Å². The summed E-state index contributed by atoms with van der Waals surface area (Å²) >= 11 is 0. The van der Waals surface area contributed by atoms with Crippen molar-refractivity contribution in [2.45, 2.75) is 64.7 Å². The summed E-state index contributed by atoms with van der Waals surface area (Å²) in [5.41, 5.74) is 5.78. The number of aliphatic hydroxyl groups is 1. The Bertz CT molecular complexity index is 1170. The van der Waals surface area contributed by atoms with Crippen LogP contribution in [0, 0.1) is 11.8 Å². The van der Waals surface area contributed by atoms with Gasteiger partial charge in [-0.25, -0.2) is 4.79 Å². The summed E-state index contributed by atoms with van der Waals surface area (Å²) in [6.07, 6.45) is 7.86. The maximum absolute atomic E-state index is 11.7. The highest BCUT2D eigenvalue weighted by Crippen LogP contribution is 2.39. The molecule has 3 nitrogen and oxygen atoms in total. The van der Waals surface area contributed by atoms with Crippen LogP contribution in [0.25, 0.3) is 21.9 Å². The average Bonchev–Trinajstić information content (AvgIpc) is 2.91. The number of fused-ring (bicyclic) bond motifs is 1. The summed E-state index contributed by atoms with van der Waals surface area (Å²) in [5, 5.41) is 12.3. The van der Waals surface area contributed by atoms with Crippen molar-refractivity contribution in [3.05, 3.63) is 83.9 Å². The van der Waals surface area contributed by atoms with E-state index in [4.69, 9.17) is 4.74 Å². The van der Waals surface area contributed by atoms with Gasteiger partial charge in [-0.1, -0.05) is 74.5 Å². The Morgan fingerprint density at radius 2 is 1.64 bits per heavy atom. The van der Waals surface area contributed by atoms with Crippen LogP contribution < -0.4 is 0 Å². The molecular weight excluding hydrogens is 444 g/mol. The van der Waals surface area contributed by atoms with E-state index in [-0.39, 0.29) is 25.1 Å². The smallest absolute Gasteiger partial charge is 0.333 e. The minimum absolute atomic E-state index is 0.00700. The van der Waals surface area contributed by atoms with Crippen LogP contribution in [0.3, 0.4) is 0 Å². The van der Waals surface area contributed by atoms with Gasteiger partial charge in [-0.2, -0.15) is 0 Å². The molecule has 3 heteroatoms. The summed E-state index contributed by atoms with van der Waals surface area (Å²) in [7, 11) is 0. The molecule has 1 unspecified atom stereocenters. The van der Waals surface area contributed by atoms with Gasteiger partial charge in [-0.05, 0) is 96.4 Å². The first-order chi connectivity index (χ1) is 17.5. The molecule has 0 spiro atoms. The van der Waals surface area contributed by atoms with Crippen molar-refractivity contribution in [1.82, 2.24) is 0 Å². The lowest BCUT2D eigenvalue weighted by Crippen LogP contribution is -2.23. The van der Waals surface area contributed by atoms with Crippen LogP contribution in [0.5, 0.6) is 0 Å². The van der Waals surface area contributed by atoms with Crippen molar-refractivity contribution in [2.24, 2.45) is 11.8 Å². The maximum atomic E-state index is 11.7. The highest BCUT2D eigenvalue weighted by Gasteiger charge is 2.25. The molecule has 0 saturated heterocycles.